The van der Waals surface area contributed by atoms with Gasteiger partial charge in [0.2, 0.25) is 0 Å². The second-order valence-corrected chi connectivity index (χ2v) is 7.08. The molecule has 0 spiro atoms. The van der Waals surface area contributed by atoms with Crippen molar-refractivity contribution in [1.29, 1.82) is 0 Å². The average Bonchev–Trinajstić information content (AvgIpc) is 2.63. The van der Waals surface area contributed by atoms with Gasteiger partial charge in [-0.1, -0.05) is 48.0 Å². The van der Waals surface area contributed by atoms with E-state index in [1.54, 1.807) is 6.92 Å². The van der Waals surface area contributed by atoms with Gasteiger partial charge in [-0.05, 0) is 44.2 Å². The molecule has 0 saturated carbocycles. The van der Waals surface area contributed by atoms with Crippen LogP contribution in [0.4, 0.5) is 17.1 Å². The van der Waals surface area contributed by atoms with Crippen molar-refractivity contribution in [2.24, 2.45) is 0 Å². The average molecular weight is 343 g/mol. The summed E-state index contributed by atoms with van der Waals surface area (Å²) in [5.41, 5.74) is 4.01. The number of carbonyl (C=O) groups is 1. The van der Waals surface area contributed by atoms with Gasteiger partial charge in [-0.25, -0.2) is 0 Å². The van der Waals surface area contributed by atoms with E-state index in [1.165, 1.54) is 5.56 Å². The highest BCUT2D eigenvalue weighted by atomic mass is 16.3. The summed E-state index contributed by atoms with van der Waals surface area (Å²) in [6.07, 6.45) is 0.0583. The lowest BCUT2D eigenvalue weighted by molar-refractivity contribution is 0.0433. The van der Waals surface area contributed by atoms with Crippen molar-refractivity contribution in [3.63, 3.8) is 0 Å². The van der Waals surface area contributed by atoms with Crippen molar-refractivity contribution in [3.8, 4) is 0 Å². The highest BCUT2D eigenvalue weighted by Gasteiger charge is 2.35. The van der Waals surface area contributed by atoms with E-state index in [2.05, 4.69) is 17.0 Å². The number of nitrogens with zero attached hydrogens (tertiary/aromatic N) is 1. The minimum atomic E-state index is -1.23. The third kappa shape index (κ3) is 2.71. The van der Waals surface area contributed by atoms with Crippen molar-refractivity contribution in [2.45, 2.75) is 25.9 Å². The molecule has 0 aromatic heterocycles. The maximum absolute atomic E-state index is 12.9. The lowest BCUT2D eigenvalue weighted by atomic mass is 9.84. The number of ketones is 1. The number of aryl methyl sites for hydroxylation is 1. The van der Waals surface area contributed by atoms with E-state index in [1.807, 2.05) is 67.6 Å². The fourth-order valence-corrected chi connectivity index (χ4v) is 3.63. The van der Waals surface area contributed by atoms with Gasteiger partial charge in [-0.15, -0.1) is 0 Å². The normalized spacial score (nSPS) is 19.3. The van der Waals surface area contributed by atoms with Gasteiger partial charge in [0.15, 0.2) is 5.78 Å². The van der Waals surface area contributed by atoms with Gasteiger partial charge >= 0.3 is 0 Å². The van der Waals surface area contributed by atoms with Crippen LogP contribution in [0.2, 0.25) is 0 Å². The van der Waals surface area contributed by atoms with Crippen LogP contribution in [0.25, 0.3) is 0 Å². The summed E-state index contributed by atoms with van der Waals surface area (Å²) < 4.78 is 0. The maximum atomic E-state index is 12.9. The third-order valence-electron chi connectivity index (χ3n) is 4.97. The van der Waals surface area contributed by atoms with E-state index in [9.17, 15) is 9.90 Å². The zero-order valence-corrected chi connectivity index (χ0v) is 14.9. The Labute approximate surface area is 153 Å². The van der Waals surface area contributed by atoms with Crippen molar-refractivity contribution in [2.75, 3.05) is 4.90 Å². The quantitative estimate of drug-likeness (QED) is 0.655. The fraction of sp³-hybridized carbons (Fsp3) is 0.174. The molecule has 26 heavy (non-hydrogen) atoms. The van der Waals surface area contributed by atoms with Crippen LogP contribution in [0.1, 0.15) is 34.8 Å². The Hall–Kier alpha value is -2.91. The molecule has 4 rings (SSSR count). The first-order valence-electron chi connectivity index (χ1n) is 8.78. The Morgan fingerprint density at radius 1 is 0.885 bits per heavy atom. The molecule has 3 aromatic rings. The smallest absolute Gasteiger partial charge is 0.168 e. The minimum absolute atomic E-state index is 0.0581. The first-order chi connectivity index (χ1) is 12.5. The van der Waals surface area contributed by atoms with Crippen LogP contribution < -0.4 is 4.90 Å². The highest BCUT2D eigenvalue weighted by Crippen LogP contribution is 2.45. The summed E-state index contributed by atoms with van der Waals surface area (Å²) in [7, 11) is 0. The van der Waals surface area contributed by atoms with Gasteiger partial charge in [0.1, 0.15) is 0 Å². The highest BCUT2D eigenvalue weighted by molar-refractivity contribution is 6.05. The molecule has 0 saturated heterocycles. The molecule has 3 heteroatoms. The number of rotatable bonds is 1. The molecule has 1 N–H and O–H groups in total. The lowest BCUT2D eigenvalue weighted by Gasteiger charge is -2.36. The van der Waals surface area contributed by atoms with E-state index in [0.29, 0.717) is 5.56 Å². The third-order valence-corrected chi connectivity index (χ3v) is 4.97. The molecule has 130 valence electrons. The fourth-order valence-electron chi connectivity index (χ4n) is 3.63. The number of carbonyl (C=O) groups excluding carboxylic acids is 1. The summed E-state index contributed by atoms with van der Waals surface area (Å²) in [6, 6.07) is 23.6. The largest absolute Gasteiger partial charge is 0.385 e. The van der Waals surface area contributed by atoms with E-state index in [4.69, 9.17) is 0 Å². The topological polar surface area (TPSA) is 40.5 Å². The standard InChI is InChI=1S/C23H21NO2/c1-16-11-13-17(14-12-16)24-20-9-5-3-7-18(20)22(25)15-23(2,26)19-8-4-6-10-21(19)24/h3-14,26H,15H2,1-2H3. The number of para-hydroxylation sites is 2. The molecular weight excluding hydrogens is 322 g/mol. The van der Waals surface area contributed by atoms with Gasteiger partial charge in [0.25, 0.3) is 0 Å². The van der Waals surface area contributed by atoms with Crippen molar-refractivity contribution in [1.82, 2.24) is 0 Å². The SMILES string of the molecule is Cc1ccc(N2c3ccccc3C(=O)CC(C)(O)c3ccccc32)cc1. The van der Waals surface area contributed by atoms with Crippen LogP contribution in [0.15, 0.2) is 72.8 Å². The summed E-state index contributed by atoms with van der Waals surface area (Å²) in [6.45, 7) is 3.76. The molecule has 0 fully saturated rings. The molecule has 0 aliphatic carbocycles. The van der Waals surface area contributed by atoms with Crippen LogP contribution in [-0.2, 0) is 5.60 Å². The summed E-state index contributed by atoms with van der Waals surface area (Å²) >= 11 is 0. The molecule has 1 aliphatic rings. The van der Waals surface area contributed by atoms with Crippen LogP contribution in [-0.4, -0.2) is 10.9 Å². The van der Waals surface area contributed by atoms with E-state index >= 15 is 0 Å². The molecule has 3 aromatic carbocycles. The van der Waals surface area contributed by atoms with Crippen LogP contribution in [0.5, 0.6) is 0 Å². The van der Waals surface area contributed by atoms with Gasteiger partial charge < -0.3 is 10.0 Å². The molecule has 1 heterocycles. The predicted molar refractivity (Wildman–Crippen MR) is 104 cm³/mol. The number of hydrogen-bond donors (Lipinski definition) is 1. The van der Waals surface area contributed by atoms with Gasteiger partial charge in [0, 0.05) is 23.2 Å². The first kappa shape index (κ1) is 16.6. The van der Waals surface area contributed by atoms with Crippen LogP contribution in [0, 0.1) is 6.92 Å². The molecule has 0 bridgehead atoms. The van der Waals surface area contributed by atoms with Crippen LogP contribution >= 0.6 is 0 Å². The lowest BCUT2D eigenvalue weighted by Crippen LogP contribution is -2.31. The zero-order chi connectivity index (χ0) is 18.3. The predicted octanol–water partition coefficient (Wildman–Crippen LogP) is 5.26. The van der Waals surface area contributed by atoms with Gasteiger partial charge in [-0.3, -0.25) is 4.79 Å². The zero-order valence-electron chi connectivity index (χ0n) is 14.9. The summed E-state index contributed by atoms with van der Waals surface area (Å²) in [5.74, 6) is -0.0581. The number of aliphatic hydroxyl groups is 1. The number of Topliss-reactive ketones (excluding diaryl/α,β-unsaturated/α-hetero) is 1. The second-order valence-electron chi connectivity index (χ2n) is 7.08. The molecule has 0 amide bonds. The van der Waals surface area contributed by atoms with E-state index < -0.39 is 5.60 Å². The Balaban J connectivity index is 2.05. The molecule has 3 nitrogen and oxygen atoms in total. The Morgan fingerprint density at radius 2 is 1.50 bits per heavy atom. The number of anilines is 3. The van der Waals surface area contributed by atoms with Gasteiger partial charge in [-0.2, -0.15) is 0 Å². The number of fused-ring (bicyclic) bond motifs is 2. The van der Waals surface area contributed by atoms with E-state index in [-0.39, 0.29) is 12.2 Å². The van der Waals surface area contributed by atoms with E-state index in [0.717, 1.165) is 22.6 Å². The number of benzene rings is 3. The molecule has 0 radical (unpaired) electrons. The Bertz CT molecular complexity index is 974. The maximum Gasteiger partial charge on any atom is 0.168 e. The first-order valence-corrected chi connectivity index (χ1v) is 8.78. The van der Waals surface area contributed by atoms with Gasteiger partial charge in [0.05, 0.1) is 17.0 Å². The summed E-state index contributed by atoms with van der Waals surface area (Å²) in [5, 5.41) is 11.1. The molecular formula is C23H21NO2. The minimum Gasteiger partial charge on any atom is -0.385 e. The number of hydrogen-bond acceptors (Lipinski definition) is 3. The monoisotopic (exact) mass is 343 g/mol. The summed E-state index contributed by atoms with van der Waals surface area (Å²) in [4.78, 5) is 15.0. The second kappa shape index (κ2) is 6.11. The Morgan fingerprint density at radius 3 is 2.23 bits per heavy atom. The Kier molecular flexibility index (Phi) is 3.89. The van der Waals surface area contributed by atoms with Crippen molar-refractivity contribution < 1.29 is 9.90 Å². The molecule has 1 unspecified atom stereocenters. The van der Waals surface area contributed by atoms with Crippen molar-refractivity contribution in [3.05, 3.63) is 89.5 Å². The molecule has 1 aliphatic heterocycles. The molecule has 1 atom stereocenters. The van der Waals surface area contributed by atoms with Crippen LogP contribution in [0.3, 0.4) is 0 Å². The van der Waals surface area contributed by atoms with Crippen molar-refractivity contribution >= 4 is 22.8 Å².